The zero-order chi connectivity index (χ0) is 14.7. The Bertz CT molecular complexity index is 738. The van der Waals surface area contributed by atoms with Crippen molar-refractivity contribution in [1.29, 1.82) is 0 Å². The van der Waals surface area contributed by atoms with E-state index >= 15 is 0 Å². The Kier molecular flexibility index (Phi) is 4.19. The number of nitrogens with zero attached hydrogens (tertiary/aromatic N) is 1. The number of rotatable bonds is 4. The van der Waals surface area contributed by atoms with Crippen molar-refractivity contribution in [2.45, 2.75) is 0 Å². The molecule has 0 fully saturated rings. The Labute approximate surface area is 134 Å². The number of thiophene rings is 1. The summed E-state index contributed by atoms with van der Waals surface area (Å²) < 4.78 is 0. The molecule has 7 heteroatoms. The highest BCUT2D eigenvalue weighted by atomic mass is 35.5. The maximum Gasteiger partial charge on any atom is 0.269 e. The van der Waals surface area contributed by atoms with Gasteiger partial charge in [-0.05, 0) is 35.7 Å². The van der Waals surface area contributed by atoms with Gasteiger partial charge in [0.25, 0.3) is 5.91 Å². The topological polar surface area (TPSA) is 54.0 Å². The first-order valence-electron chi connectivity index (χ1n) is 6.04. The molecule has 0 atom stereocenters. The quantitative estimate of drug-likeness (QED) is 0.700. The molecule has 21 heavy (non-hydrogen) atoms. The van der Waals surface area contributed by atoms with Gasteiger partial charge < -0.3 is 0 Å². The minimum atomic E-state index is -0.237. The SMILES string of the molecule is O=C(NNc1nc(-c2cccs2)cs1)c1ccc(Cl)cc1. The second-order valence-corrected chi connectivity index (χ2v) is 6.34. The zero-order valence-electron chi connectivity index (χ0n) is 10.7. The average molecular weight is 336 g/mol. The molecule has 2 aromatic heterocycles. The summed E-state index contributed by atoms with van der Waals surface area (Å²) in [6.45, 7) is 0. The number of halogens is 1. The third kappa shape index (κ3) is 3.41. The largest absolute Gasteiger partial charge is 0.273 e. The Balaban J connectivity index is 1.62. The lowest BCUT2D eigenvalue weighted by molar-refractivity contribution is 0.0962. The third-order valence-corrected chi connectivity index (χ3v) is 4.57. The summed E-state index contributed by atoms with van der Waals surface area (Å²) in [6, 6.07) is 10.7. The number of carbonyl (C=O) groups excluding carboxylic acids is 1. The van der Waals surface area contributed by atoms with Crippen molar-refractivity contribution in [3.8, 4) is 10.6 Å². The number of thiazole rings is 1. The van der Waals surface area contributed by atoms with Crippen molar-refractivity contribution >= 4 is 45.3 Å². The number of benzene rings is 1. The van der Waals surface area contributed by atoms with Gasteiger partial charge in [-0.2, -0.15) is 0 Å². The molecule has 3 rings (SSSR count). The van der Waals surface area contributed by atoms with Gasteiger partial charge in [0.1, 0.15) is 0 Å². The van der Waals surface area contributed by atoms with Crippen LogP contribution in [-0.4, -0.2) is 10.9 Å². The van der Waals surface area contributed by atoms with E-state index in [1.54, 1.807) is 35.6 Å². The van der Waals surface area contributed by atoms with Crippen LogP contribution in [0.5, 0.6) is 0 Å². The van der Waals surface area contributed by atoms with Crippen LogP contribution in [0.3, 0.4) is 0 Å². The van der Waals surface area contributed by atoms with E-state index in [0.717, 1.165) is 10.6 Å². The van der Waals surface area contributed by atoms with Crippen molar-refractivity contribution in [3.63, 3.8) is 0 Å². The molecule has 0 aliphatic rings. The van der Waals surface area contributed by atoms with Crippen molar-refractivity contribution in [2.75, 3.05) is 5.43 Å². The highest BCUT2D eigenvalue weighted by Crippen LogP contribution is 2.27. The van der Waals surface area contributed by atoms with Crippen molar-refractivity contribution in [2.24, 2.45) is 0 Å². The summed E-state index contributed by atoms with van der Waals surface area (Å²) in [5.41, 5.74) is 6.86. The van der Waals surface area contributed by atoms with Crippen LogP contribution in [0.15, 0.2) is 47.2 Å². The zero-order valence-corrected chi connectivity index (χ0v) is 13.1. The smallest absolute Gasteiger partial charge is 0.269 e. The molecule has 0 saturated carbocycles. The molecule has 4 nitrogen and oxygen atoms in total. The lowest BCUT2D eigenvalue weighted by atomic mass is 10.2. The maximum atomic E-state index is 11.9. The molecule has 3 aromatic rings. The predicted octanol–water partition coefficient (Wildman–Crippen LogP) is 4.28. The lowest BCUT2D eigenvalue weighted by Crippen LogP contribution is -2.29. The molecular formula is C14H10ClN3OS2. The van der Waals surface area contributed by atoms with Crippen LogP contribution in [0.1, 0.15) is 10.4 Å². The average Bonchev–Trinajstić information content (AvgIpc) is 3.16. The van der Waals surface area contributed by atoms with Gasteiger partial charge in [-0.25, -0.2) is 4.98 Å². The molecule has 0 saturated heterocycles. The molecule has 0 aliphatic heterocycles. The molecule has 1 amide bonds. The Hall–Kier alpha value is -1.89. The molecule has 0 unspecified atom stereocenters. The highest BCUT2D eigenvalue weighted by molar-refractivity contribution is 7.15. The number of nitrogens with one attached hydrogen (secondary N) is 2. The molecule has 2 heterocycles. The number of aromatic nitrogens is 1. The van der Waals surface area contributed by atoms with Crippen LogP contribution in [0.4, 0.5) is 5.13 Å². The molecule has 106 valence electrons. The van der Waals surface area contributed by atoms with Gasteiger partial charge in [0.05, 0.1) is 10.6 Å². The third-order valence-electron chi connectivity index (χ3n) is 2.67. The summed E-state index contributed by atoms with van der Waals surface area (Å²) in [4.78, 5) is 17.4. The molecule has 0 radical (unpaired) electrons. The van der Waals surface area contributed by atoms with Crippen LogP contribution < -0.4 is 10.9 Å². The summed E-state index contributed by atoms with van der Waals surface area (Å²) in [5.74, 6) is -0.237. The minimum absolute atomic E-state index is 0.237. The molecule has 0 bridgehead atoms. The summed E-state index contributed by atoms with van der Waals surface area (Å²) in [7, 11) is 0. The van der Waals surface area contributed by atoms with Crippen molar-refractivity contribution in [1.82, 2.24) is 10.4 Å². The number of carbonyl (C=O) groups is 1. The number of hydrogen-bond acceptors (Lipinski definition) is 5. The van der Waals surface area contributed by atoms with Gasteiger partial charge in [-0.1, -0.05) is 17.7 Å². The Morgan fingerprint density at radius 2 is 1.95 bits per heavy atom. The van der Waals surface area contributed by atoms with Gasteiger partial charge in [0, 0.05) is 16.0 Å². The first kappa shape index (κ1) is 14.1. The van der Waals surface area contributed by atoms with Crippen molar-refractivity contribution in [3.05, 3.63) is 57.7 Å². The Morgan fingerprint density at radius 1 is 1.14 bits per heavy atom. The normalized spacial score (nSPS) is 10.3. The van der Waals surface area contributed by atoms with Crippen LogP contribution >= 0.6 is 34.3 Å². The van der Waals surface area contributed by atoms with E-state index < -0.39 is 0 Å². The fraction of sp³-hybridized carbons (Fsp3) is 0. The Morgan fingerprint density at radius 3 is 2.67 bits per heavy atom. The van der Waals surface area contributed by atoms with E-state index in [1.807, 2.05) is 22.9 Å². The summed E-state index contributed by atoms with van der Waals surface area (Å²) in [5, 5.41) is 5.19. The molecule has 0 aliphatic carbocycles. The number of amides is 1. The number of hydrazine groups is 1. The monoisotopic (exact) mass is 335 g/mol. The van der Waals surface area contributed by atoms with E-state index in [0.29, 0.717) is 15.7 Å². The van der Waals surface area contributed by atoms with E-state index in [1.165, 1.54) is 11.3 Å². The van der Waals surface area contributed by atoms with E-state index in [9.17, 15) is 4.79 Å². The second kappa shape index (κ2) is 6.26. The summed E-state index contributed by atoms with van der Waals surface area (Å²) in [6.07, 6.45) is 0. The highest BCUT2D eigenvalue weighted by Gasteiger charge is 2.08. The number of hydrogen-bond donors (Lipinski definition) is 2. The van der Waals surface area contributed by atoms with Gasteiger partial charge in [-0.3, -0.25) is 15.6 Å². The predicted molar refractivity (Wildman–Crippen MR) is 88.0 cm³/mol. The standard InChI is InChI=1S/C14H10ClN3OS2/c15-10-5-3-9(4-6-10)13(19)17-18-14-16-11(8-21-14)12-2-1-7-20-12/h1-8H,(H,16,18)(H,17,19). The van der Waals surface area contributed by atoms with Crippen LogP contribution in [-0.2, 0) is 0 Å². The fourth-order valence-corrected chi connectivity index (χ4v) is 3.20. The summed E-state index contributed by atoms with van der Waals surface area (Å²) >= 11 is 8.85. The van der Waals surface area contributed by atoms with Crippen LogP contribution in [0, 0.1) is 0 Å². The van der Waals surface area contributed by atoms with Crippen LogP contribution in [0.2, 0.25) is 5.02 Å². The van der Waals surface area contributed by atoms with Crippen LogP contribution in [0.25, 0.3) is 10.6 Å². The molecule has 1 aromatic carbocycles. The van der Waals surface area contributed by atoms with Crippen molar-refractivity contribution < 1.29 is 4.79 Å². The molecule has 0 spiro atoms. The van der Waals surface area contributed by atoms with E-state index in [-0.39, 0.29) is 5.91 Å². The van der Waals surface area contributed by atoms with E-state index in [4.69, 9.17) is 11.6 Å². The lowest BCUT2D eigenvalue weighted by Gasteiger charge is -2.05. The second-order valence-electron chi connectivity index (χ2n) is 4.10. The first-order valence-corrected chi connectivity index (χ1v) is 8.17. The van der Waals surface area contributed by atoms with Gasteiger partial charge >= 0.3 is 0 Å². The molecule has 2 N–H and O–H groups in total. The maximum absolute atomic E-state index is 11.9. The molecular weight excluding hydrogens is 326 g/mol. The van der Waals surface area contributed by atoms with E-state index in [2.05, 4.69) is 15.8 Å². The first-order chi connectivity index (χ1) is 10.2. The van der Waals surface area contributed by atoms with Gasteiger partial charge in [0.15, 0.2) is 0 Å². The minimum Gasteiger partial charge on any atom is -0.273 e. The number of anilines is 1. The fourth-order valence-electron chi connectivity index (χ4n) is 1.65. The van der Waals surface area contributed by atoms with Gasteiger partial charge in [0.2, 0.25) is 5.13 Å². The van der Waals surface area contributed by atoms with Gasteiger partial charge in [-0.15, -0.1) is 22.7 Å².